The van der Waals surface area contributed by atoms with Gasteiger partial charge in [-0.15, -0.1) is 0 Å². The molecule has 0 amide bonds. The van der Waals surface area contributed by atoms with Crippen molar-refractivity contribution in [3.63, 3.8) is 0 Å². The first kappa shape index (κ1) is 49.5. The minimum Gasteiger partial charge on any atom is -0.822 e. The van der Waals surface area contributed by atoms with Gasteiger partial charge >= 0.3 is 90.7 Å². The molecule has 0 rings (SSSR count). The van der Waals surface area contributed by atoms with E-state index in [0.717, 1.165) is 0 Å². The summed E-state index contributed by atoms with van der Waals surface area (Å²) in [5.74, 6) is 0. The van der Waals surface area contributed by atoms with Crippen molar-refractivity contribution in [3.8, 4) is 0 Å². The Bertz CT molecular complexity index is 218. The molecule has 12 nitrogen and oxygen atoms in total. The summed E-state index contributed by atoms with van der Waals surface area (Å²) in [5.41, 5.74) is 0. The van der Waals surface area contributed by atoms with E-state index in [2.05, 4.69) is 0 Å². The third-order valence-electron chi connectivity index (χ3n) is 0. The van der Waals surface area contributed by atoms with Gasteiger partial charge in [-0.1, -0.05) is 0 Å². The Kier molecular flexibility index (Phi) is 54.8. The SMILES string of the molecule is O=P([O-])(O)O.O=P([O-])([O-])[O-].O=P([O-])([O-])[O-].[Fe+2].[Fe+2].[Li+].[Li+].[Li+]. The fourth-order valence-electron chi connectivity index (χ4n) is 0. The van der Waals surface area contributed by atoms with Crippen molar-refractivity contribution in [3.05, 3.63) is 0 Å². The monoisotopic (exact) mass is 420 g/mol. The van der Waals surface area contributed by atoms with E-state index in [0.29, 0.717) is 0 Å². The van der Waals surface area contributed by atoms with Crippen molar-refractivity contribution in [1.82, 2.24) is 0 Å². The number of hydrogen-bond acceptors (Lipinski definition) is 10. The first-order valence-electron chi connectivity index (χ1n) is 2.23. The normalized spacial score (nSPS) is 8.85. The molecule has 0 saturated heterocycles. The molecule has 0 aliphatic rings. The van der Waals surface area contributed by atoms with Gasteiger partial charge in [-0.05, 0) is 0 Å². The van der Waals surface area contributed by atoms with Gasteiger partial charge in [0, 0.05) is 0 Å². The first-order valence-corrected chi connectivity index (χ1v) is 6.68. The van der Waals surface area contributed by atoms with Crippen LogP contribution < -0.4 is 90.8 Å². The molecule has 0 saturated carbocycles. The molecule has 20 heteroatoms. The van der Waals surface area contributed by atoms with E-state index in [4.69, 9.17) is 57.7 Å². The van der Waals surface area contributed by atoms with Gasteiger partial charge in [0.25, 0.3) is 7.82 Å². The van der Waals surface area contributed by atoms with Gasteiger partial charge < -0.3 is 53.2 Å². The van der Waals surface area contributed by atoms with E-state index in [1.54, 1.807) is 0 Å². The molecule has 0 heterocycles. The van der Waals surface area contributed by atoms with E-state index in [1.807, 2.05) is 0 Å². The molecule has 2 N–H and O–H groups in total. The van der Waals surface area contributed by atoms with Gasteiger partial charge in [0.1, 0.15) is 0 Å². The van der Waals surface area contributed by atoms with Crippen LogP contribution in [0.15, 0.2) is 0 Å². The molecule has 0 aromatic rings. The number of rotatable bonds is 0. The topological polar surface area (TPSA) is 253 Å². The average Bonchev–Trinajstić information content (AvgIpc) is 1.41. The summed E-state index contributed by atoms with van der Waals surface area (Å²) in [6, 6.07) is 0. The Morgan fingerprint density at radius 2 is 0.550 bits per heavy atom. The van der Waals surface area contributed by atoms with Crippen LogP contribution in [-0.2, 0) is 47.8 Å². The van der Waals surface area contributed by atoms with Crippen LogP contribution in [0.4, 0.5) is 0 Å². The van der Waals surface area contributed by atoms with Crippen LogP contribution in [0.3, 0.4) is 0 Å². The Morgan fingerprint density at radius 1 is 0.550 bits per heavy atom. The van der Waals surface area contributed by atoms with Crippen LogP contribution in [0.1, 0.15) is 0 Å². The second-order valence-corrected chi connectivity index (χ2v) is 4.16. The van der Waals surface area contributed by atoms with Gasteiger partial charge in [0.05, 0.1) is 0 Å². The van der Waals surface area contributed by atoms with Crippen molar-refractivity contribution in [2.75, 3.05) is 0 Å². The molecule has 0 atom stereocenters. The maximum Gasteiger partial charge on any atom is 2.00 e. The molecule has 0 aromatic carbocycles. The fourth-order valence-corrected chi connectivity index (χ4v) is 0. The predicted molar refractivity (Wildman–Crippen MR) is 27.3 cm³/mol. The Hall–Kier alpha value is 3.16. The van der Waals surface area contributed by atoms with Crippen LogP contribution in [0.5, 0.6) is 0 Å². The molecule has 0 aromatic heterocycles. The third-order valence-corrected chi connectivity index (χ3v) is 0. The standard InChI is InChI=1S/2Fe.3Li.3H3O4P/c;;;;;3*1-5(2,3)4/h;;;;;3*(H3,1,2,3,4)/q2*+2;3*+1;;;/p-7. The zero-order valence-corrected chi connectivity index (χ0v) is 14.9. The van der Waals surface area contributed by atoms with Crippen molar-refractivity contribution < 1.29 is 148 Å². The smallest absolute Gasteiger partial charge is 0.822 e. The minimum absolute atomic E-state index is 0. The molecule has 0 aliphatic heterocycles. The number of hydrogen-bond donors (Lipinski definition) is 2. The molecule has 0 radical (unpaired) electrons. The fraction of sp³-hybridized carbons (Fsp3) is 0. The molecule has 0 fully saturated rings. The minimum atomic E-state index is -5.39. The average molecular weight is 419 g/mol. The van der Waals surface area contributed by atoms with Crippen molar-refractivity contribution in [2.45, 2.75) is 0 Å². The van der Waals surface area contributed by atoms with Gasteiger partial charge in [-0.2, -0.15) is 15.6 Å². The van der Waals surface area contributed by atoms with Crippen molar-refractivity contribution in [2.24, 2.45) is 0 Å². The van der Waals surface area contributed by atoms with E-state index < -0.39 is 23.5 Å². The zero-order valence-electron chi connectivity index (χ0n) is 10.0. The van der Waals surface area contributed by atoms with Crippen molar-refractivity contribution in [1.29, 1.82) is 0 Å². The zero-order chi connectivity index (χ0) is 13.5. The van der Waals surface area contributed by atoms with Gasteiger partial charge in [-0.25, -0.2) is 0 Å². The Morgan fingerprint density at radius 3 is 0.550 bits per heavy atom. The third kappa shape index (κ3) is 861. The predicted octanol–water partition coefficient (Wildman–Crippen LogP) is -16.2. The number of phosphoric acid groups is 3. The first-order chi connectivity index (χ1) is 6.00. The summed E-state index contributed by atoms with van der Waals surface area (Å²) in [7, 11) is -15.7. The van der Waals surface area contributed by atoms with Crippen LogP contribution >= 0.6 is 23.5 Å². The van der Waals surface area contributed by atoms with Gasteiger partial charge in [-0.3, -0.25) is 4.57 Å². The summed E-state index contributed by atoms with van der Waals surface area (Å²) in [6.45, 7) is 0. The molecule has 0 aliphatic carbocycles. The quantitative estimate of drug-likeness (QED) is 0.274. The molecule has 20 heavy (non-hydrogen) atoms. The second-order valence-electron chi connectivity index (χ2n) is 1.39. The van der Waals surface area contributed by atoms with Crippen molar-refractivity contribution >= 4 is 23.5 Å². The summed E-state index contributed by atoms with van der Waals surface area (Å²) in [4.78, 5) is 74.2. The molecule has 0 bridgehead atoms. The Labute approximate surface area is 170 Å². The molecule has 0 spiro atoms. The molecule has 0 unspecified atom stereocenters. The van der Waals surface area contributed by atoms with Gasteiger partial charge in [0.2, 0.25) is 0 Å². The molecular formula is H2Fe2Li3O12P3. The summed E-state index contributed by atoms with van der Waals surface area (Å²) < 4.78 is 25.9. The van der Waals surface area contributed by atoms with E-state index in [-0.39, 0.29) is 90.7 Å². The molecular weight excluding hydrogens is 417 g/mol. The van der Waals surface area contributed by atoms with Crippen LogP contribution in [0, 0.1) is 0 Å². The summed E-state index contributed by atoms with van der Waals surface area (Å²) in [5, 5.41) is 0. The van der Waals surface area contributed by atoms with E-state index in [9.17, 15) is 0 Å². The van der Waals surface area contributed by atoms with Crippen LogP contribution in [-0.4, -0.2) is 9.79 Å². The maximum atomic E-state index is 8.77. The van der Waals surface area contributed by atoms with Crippen LogP contribution in [0.25, 0.3) is 0 Å². The largest absolute Gasteiger partial charge is 2.00 e. The summed E-state index contributed by atoms with van der Waals surface area (Å²) >= 11 is 0. The second kappa shape index (κ2) is 22.2. The Balaban J connectivity index is -0.0000000160. The van der Waals surface area contributed by atoms with E-state index >= 15 is 0 Å². The molecule has 108 valence electrons. The van der Waals surface area contributed by atoms with E-state index in [1.165, 1.54) is 0 Å². The maximum absolute atomic E-state index is 8.77. The van der Waals surface area contributed by atoms with Gasteiger partial charge in [0.15, 0.2) is 0 Å². The van der Waals surface area contributed by atoms with Crippen LogP contribution in [0.2, 0.25) is 0 Å². The summed E-state index contributed by atoms with van der Waals surface area (Å²) in [6.07, 6.45) is 0.